The third-order valence-corrected chi connectivity index (χ3v) is 4.66. The van der Waals surface area contributed by atoms with Crippen molar-refractivity contribution < 1.29 is 9.53 Å². The highest BCUT2D eigenvalue weighted by atomic mass is 32.1. The number of anilines is 2. The summed E-state index contributed by atoms with van der Waals surface area (Å²) in [5, 5.41) is 18.5. The van der Waals surface area contributed by atoms with Crippen molar-refractivity contribution in [2.75, 3.05) is 30.4 Å². The van der Waals surface area contributed by atoms with E-state index in [1.54, 1.807) is 0 Å². The van der Waals surface area contributed by atoms with Gasteiger partial charge in [0.05, 0.1) is 12.8 Å². The molecule has 2 amide bonds. The zero-order valence-electron chi connectivity index (χ0n) is 13.9. The van der Waals surface area contributed by atoms with E-state index in [1.807, 2.05) is 18.7 Å². The van der Waals surface area contributed by atoms with Crippen LogP contribution in [0.1, 0.15) is 18.5 Å². The first-order valence-corrected chi connectivity index (χ1v) is 8.57. The quantitative estimate of drug-likeness (QED) is 0.864. The Morgan fingerprint density at radius 1 is 1.46 bits per heavy atom. The summed E-state index contributed by atoms with van der Waals surface area (Å²) in [6.45, 7) is 3.70. The van der Waals surface area contributed by atoms with Gasteiger partial charge in [0.25, 0.3) is 5.19 Å². The van der Waals surface area contributed by atoms with Gasteiger partial charge < -0.3 is 15.0 Å². The first kappa shape index (κ1) is 16.5. The molecule has 2 N–H and O–H groups in total. The van der Waals surface area contributed by atoms with Crippen molar-refractivity contribution in [1.82, 2.24) is 25.3 Å². The average Bonchev–Trinajstić information content (AvgIpc) is 3.13. The maximum absolute atomic E-state index is 12.1. The highest BCUT2D eigenvalue weighted by Crippen LogP contribution is 2.22. The largest absolute Gasteiger partial charge is 0.472 e. The topological polar surface area (TPSA) is 97.2 Å². The predicted octanol–water partition coefficient (Wildman–Crippen LogP) is 1.38. The molecule has 1 aliphatic rings. The molecule has 1 atom stereocenters. The Balaban J connectivity index is 1.56. The minimum absolute atomic E-state index is 0.0729. The van der Waals surface area contributed by atoms with Crippen molar-refractivity contribution >= 4 is 28.3 Å². The van der Waals surface area contributed by atoms with E-state index >= 15 is 0 Å². The molecular weight excluding hydrogens is 330 g/mol. The molecule has 0 radical (unpaired) electrons. The van der Waals surface area contributed by atoms with Crippen molar-refractivity contribution in [2.45, 2.75) is 25.8 Å². The van der Waals surface area contributed by atoms with Gasteiger partial charge in [0.15, 0.2) is 0 Å². The van der Waals surface area contributed by atoms with E-state index in [0.717, 1.165) is 37.4 Å². The lowest BCUT2D eigenvalue weighted by atomic mass is 10.1. The first-order chi connectivity index (χ1) is 11.5. The Morgan fingerprint density at radius 3 is 2.96 bits per heavy atom. The zero-order valence-corrected chi connectivity index (χ0v) is 14.8. The molecule has 130 valence electrons. The minimum Gasteiger partial charge on any atom is -0.472 e. The van der Waals surface area contributed by atoms with Gasteiger partial charge in [0.2, 0.25) is 5.13 Å². The van der Waals surface area contributed by atoms with E-state index in [2.05, 4.69) is 36.9 Å². The van der Waals surface area contributed by atoms with Gasteiger partial charge in [-0.25, -0.2) is 4.79 Å². The molecule has 0 aliphatic carbocycles. The van der Waals surface area contributed by atoms with Gasteiger partial charge >= 0.3 is 6.03 Å². The first-order valence-electron chi connectivity index (χ1n) is 7.75. The van der Waals surface area contributed by atoms with Gasteiger partial charge in [0, 0.05) is 32.2 Å². The molecule has 0 spiro atoms. The number of carbonyl (C=O) groups is 1. The van der Waals surface area contributed by atoms with Crippen molar-refractivity contribution in [2.24, 2.45) is 7.05 Å². The van der Waals surface area contributed by atoms with Crippen LogP contribution in [-0.2, 0) is 7.05 Å². The van der Waals surface area contributed by atoms with Crippen LogP contribution in [0.25, 0.3) is 0 Å². The minimum atomic E-state index is -0.276. The van der Waals surface area contributed by atoms with Crippen LogP contribution in [0, 0.1) is 6.92 Å². The number of piperidine rings is 1. The number of carbonyl (C=O) groups excluding carboxylic acids is 1. The van der Waals surface area contributed by atoms with Gasteiger partial charge in [-0.2, -0.15) is 5.10 Å². The fraction of sp³-hybridized carbons (Fsp3) is 0.571. The van der Waals surface area contributed by atoms with Crippen molar-refractivity contribution in [3.63, 3.8) is 0 Å². The van der Waals surface area contributed by atoms with Crippen LogP contribution in [-0.4, -0.2) is 52.3 Å². The molecule has 2 aromatic rings. The molecule has 0 saturated carbocycles. The molecule has 10 heteroatoms. The van der Waals surface area contributed by atoms with Crippen LogP contribution in [0.5, 0.6) is 5.19 Å². The molecule has 1 saturated heterocycles. The molecule has 0 bridgehead atoms. The van der Waals surface area contributed by atoms with E-state index < -0.39 is 0 Å². The third-order valence-electron chi connectivity index (χ3n) is 3.86. The van der Waals surface area contributed by atoms with E-state index in [0.29, 0.717) is 10.3 Å². The number of ether oxygens (including phenoxy) is 1. The fourth-order valence-corrected chi connectivity index (χ4v) is 3.41. The predicted molar refractivity (Wildman–Crippen MR) is 91.8 cm³/mol. The number of aromatic nitrogens is 4. The molecule has 3 heterocycles. The van der Waals surface area contributed by atoms with Gasteiger partial charge in [-0.15, -0.1) is 5.10 Å². The van der Waals surface area contributed by atoms with E-state index in [1.165, 1.54) is 18.4 Å². The standard InChI is InChI=1S/C14H21N7O2S/c1-9-7-11(20(2)19-9)21-6-4-5-10(8-21)15-12(22)16-13-17-18-14(23-3)24-13/h7,10H,4-6,8H2,1-3H3,(H2,15,16,17,22). The zero-order chi connectivity index (χ0) is 17.1. The molecule has 1 unspecified atom stereocenters. The summed E-state index contributed by atoms with van der Waals surface area (Å²) in [5.41, 5.74) is 0.991. The molecule has 3 rings (SSSR count). The number of amides is 2. The monoisotopic (exact) mass is 351 g/mol. The maximum Gasteiger partial charge on any atom is 0.321 e. The summed E-state index contributed by atoms with van der Waals surface area (Å²) in [6, 6.07) is 1.86. The number of hydrogen-bond acceptors (Lipinski definition) is 7. The number of hydrogen-bond donors (Lipinski definition) is 2. The summed E-state index contributed by atoms with van der Waals surface area (Å²) in [7, 11) is 3.45. The second-order valence-electron chi connectivity index (χ2n) is 5.73. The highest BCUT2D eigenvalue weighted by Gasteiger charge is 2.24. The maximum atomic E-state index is 12.1. The Hall–Kier alpha value is -2.36. The number of nitrogens with one attached hydrogen (secondary N) is 2. The number of aryl methyl sites for hydroxylation is 2. The van der Waals surface area contributed by atoms with Crippen LogP contribution < -0.4 is 20.3 Å². The number of urea groups is 1. The van der Waals surface area contributed by atoms with E-state index in [-0.39, 0.29) is 12.1 Å². The third kappa shape index (κ3) is 3.75. The van der Waals surface area contributed by atoms with Crippen LogP contribution in [0.4, 0.5) is 15.7 Å². The lowest BCUT2D eigenvalue weighted by molar-refractivity contribution is 0.246. The lowest BCUT2D eigenvalue weighted by Crippen LogP contribution is -2.49. The molecule has 24 heavy (non-hydrogen) atoms. The van der Waals surface area contributed by atoms with Gasteiger partial charge in [-0.1, -0.05) is 5.10 Å². The fourth-order valence-electron chi connectivity index (χ4n) is 2.86. The Kier molecular flexibility index (Phi) is 4.84. The van der Waals surface area contributed by atoms with E-state index in [4.69, 9.17) is 4.74 Å². The summed E-state index contributed by atoms with van der Waals surface area (Å²) in [4.78, 5) is 14.4. The highest BCUT2D eigenvalue weighted by molar-refractivity contribution is 7.17. The van der Waals surface area contributed by atoms with Crippen LogP contribution in [0.2, 0.25) is 0 Å². The average molecular weight is 351 g/mol. The normalized spacial score (nSPS) is 17.6. The van der Waals surface area contributed by atoms with Gasteiger partial charge in [-0.05, 0) is 31.1 Å². The van der Waals surface area contributed by atoms with Gasteiger partial charge in [-0.3, -0.25) is 10.00 Å². The van der Waals surface area contributed by atoms with Crippen molar-refractivity contribution in [1.29, 1.82) is 0 Å². The summed E-state index contributed by atoms with van der Waals surface area (Å²) < 4.78 is 6.84. The van der Waals surface area contributed by atoms with Crippen molar-refractivity contribution in [3.8, 4) is 5.19 Å². The molecule has 2 aromatic heterocycles. The summed E-state index contributed by atoms with van der Waals surface area (Å²) in [6.07, 6.45) is 1.96. The van der Waals surface area contributed by atoms with Crippen LogP contribution in [0.3, 0.4) is 0 Å². The molecule has 1 aliphatic heterocycles. The molecule has 1 fully saturated rings. The Morgan fingerprint density at radius 2 is 2.29 bits per heavy atom. The van der Waals surface area contributed by atoms with E-state index in [9.17, 15) is 4.79 Å². The lowest BCUT2D eigenvalue weighted by Gasteiger charge is -2.34. The molecule has 9 nitrogen and oxygen atoms in total. The van der Waals surface area contributed by atoms with Crippen LogP contribution in [0.15, 0.2) is 6.07 Å². The second-order valence-corrected chi connectivity index (χ2v) is 6.67. The Labute approximate surface area is 144 Å². The SMILES string of the molecule is COc1nnc(NC(=O)NC2CCCN(c3cc(C)nn3C)C2)s1. The second kappa shape index (κ2) is 7.04. The Bertz CT molecular complexity index is 714. The van der Waals surface area contributed by atoms with Gasteiger partial charge in [0.1, 0.15) is 5.82 Å². The molecular formula is C14H21N7O2S. The van der Waals surface area contributed by atoms with Crippen molar-refractivity contribution in [3.05, 3.63) is 11.8 Å². The smallest absolute Gasteiger partial charge is 0.321 e. The summed E-state index contributed by atoms with van der Waals surface area (Å²) in [5.74, 6) is 1.08. The number of methoxy groups -OCH3 is 1. The van der Waals surface area contributed by atoms with Crippen LogP contribution >= 0.6 is 11.3 Å². The molecule has 0 aromatic carbocycles. The number of rotatable bonds is 4. The number of nitrogens with zero attached hydrogens (tertiary/aromatic N) is 5. The summed E-state index contributed by atoms with van der Waals surface area (Å²) >= 11 is 1.19.